The molecule has 0 radical (unpaired) electrons. The van der Waals surface area contributed by atoms with Gasteiger partial charge >= 0.3 is 0 Å². The van der Waals surface area contributed by atoms with Gasteiger partial charge in [-0.2, -0.15) is 0 Å². The maximum absolute atomic E-state index is 12.1. The molecule has 20 heavy (non-hydrogen) atoms. The van der Waals surface area contributed by atoms with Crippen molar-refractivity contribution in [3.63, 3.8) is 0 Å². The molecule has 0 aliphatic rings. The van der Waals surface area contributed by atoms with Crippen molar-refractivity contribution in [3.8, 4) is 0 Å². The van der Waals surface area contributed by atoms with Gasteiger partial charge in [0.15, 0.2) is 0 Å². The van der Waals surface area contributed by atoms with Crippen LogP contribution in [0.5, 0.6) is 0 Å². The second-order valence-electron chi connectivity index (χ2n) is 4.32. The highest BCUT2D eigenvalue weighted by atomic mass is 35.5. The highest BCUT2D eigenvalue weighted by Crippen LogP contribution is 2.13. The zero-order valence-electron chi connectivity index (χ0n) is 11.2. The van der Waals surface area contributed by atoms with Crippen LogP contribution < -0.4 is 10.9 Å². The Bertz CT molecular complexity index is 690. The summed E-state index contributed by atoms with van der Waals surface area (Å²) in [5.41, 5.74) is 1.55. The molecular weight excluding hydrogens is 278 g/mol. The van der Waals surface area contributed by atoms with Crippen molar-refractivity contribution in [2.75, 3.05) is 5.32 Å². The normalized spacial score (nSPS) is 10.3. The standard InChI is InChI=1S/C14H14ClN3O2/c1-3-18-8-11(4-5-13(18)19)17-14(20)10-6-9(2)16-12(15)7-10/h4-8H,3H2,1-2H3,(H,17,20). The Morgan fingerprint density at radius 1 is 1.40 bits per heavy atom. The Morgan fingerprint density at radius 3 is 2.80 bits per heavy atom. The second kappa shape index (κ2) is 5.88. The van der Waals surface area contributed by atoms with Crippen LogP contribution in [-0.2, 0) is 6.54 Å². The number of pyridine rings is 2. The van der Waals surface area contributed by atoms with Crippen LogP contribution in [0.3, 0.4) is 0 Å². The van der Waals surface area contributed by atoms with Crippen LogP contribution in [0.15, 0.2) is 35.3 Å². The summed E-state index contributed by atoms with van der Waals surface area (Å²) in [5.74, 6) is -0.293. The van der Waals surface area contributed by atoms with E-state index >= 15 is 0 Å². The molecule has 0 unspecified atom stereocenters. The molecule has 5 nitrogen and oxygen atoms in total. The van der Waals surface area contributed by atoms with Gasteiger partial charge < -0.3 is 9.88 Å². The molecule has 2 rings (SSSR count). The lowest BCUT2D eigenvalue weighted by Crippen LogP contribution is -2.19. The molecule has 2 aromatic rings. The van der Waals surface area contributed by atoms with E-state index in [1.165, 1.54) is 16.7 Å². The third-order valence-electron chi connectivity index (χ3n) is 2.77. The van der Waals surface area contributed by atoms with Crippen molar-refractivity contribution in [2.24, 2.45) is 0 Å². The molecule has 6 heteroatoms. The Morgan fingerprint density at radius 2 is 2.15 bits per heavy atom. The fourth-order valence-corrected chi connectivity index (χ4v) is 2.07. The number of halogens is 1. The molecule has 1 amide bonds. The summed E-state index contributed by atoms with van der Waals surface area (Å²) in [5, 5.41) is 3.00. The third kappa shape index (κ3) is 3.24. The maximum atomic E-state index is 12.1. The quantitative estimate of drug-likeness (QED) is 0.884. The molecule has 2 aromatic heterocycles. The zero-order valence-corrected chi connectivity index (χ0v) is 11.9. The van der Waals surface area contributed by atoms with E-state index in [9.17, 15) is 9.59 Å². The first-order valence-electron chi connectivity index (χ1n) is 6.15. The van der Waals surface area contributed by atoms with E-state index in [2.05, 4.69) is 10.3 Å². The Hall–Kier alpha value is -2.14. The van der Waals surface area contributed by atoms with Gasteiger partial charge in [-0.25, -0.2) is 4.98 Å². The highest BCUT2D eigenvalue weighted by Gasteiger charge is 2.09. The predicted octanol–water partition coefficient (Wildman–Crippen LogP) is 2.48. The molecule has 0 aliphatic carbocycles. The third-order valence-corrected chi connectivity index (χ3v) is 2.96. The number of rotatable bonds is 3. The number of carbonyl (C=O) groups excluding carboxylic acids is 1. The van der Waals surface area contributed by atoms with Crippen molar-refractivity contribution >= 4 is 23.2 Å². The number of carbonyl (C=O) groups is 1. The number of hydrogen-bond donors (Lipinski definition) is 1. The Balaban J connectivity index is 2.25. The minimum atomic E-state index is -0.293. The summed E-state index contributed by atoms with van der Waals surface area (Å²) in [6, 6.07) is 6.14. The predicted molar refractivity (Wildman–Crippen MR) is 78.3 cm³/mol. The molecule has 0 saturated carbocycles. The minimum Gasteiger partial charge on any atom is -0.321 e. The van der Waals surface area contributed by atoms with Gasteiger partial charge in [0.05, 0.1) is 5.69 Å². The van der Waals surface area contributed by atoms with Crippen LogP contribution in [0.1, 0.15) is 23.0 Å². The zero-order chi connectivity index (χ0) is 14.7. The average molecular weight is 292 g/mol. The van der Waals surface area contributed by atoms with Crippen LogP contribution in [0.25, 0.3) is 0 Å². The summed E-state index contributed by atoms with van der Waals surface area (Å²) < 4.78 is 1.51. The second-order valence-corrected chi connectivity index (χ2v) is 4.70. The topological polar surface area (TPSA) is 64.0 Å². The van der Waals surface area contributed by atoms with Crippen molar-refractivity contribution in [3.05, 3.63) is 57.2 Å². The number of anilines is 1. The first kappa shape index (κ1) is 14.3. The van der Waals surface area contributed by atoms with Gasteiger partial charge in [0.25, 0.3) is 11.5 Å². The van der Waals surface area contributed by atoms with Crippen LogP contribution >= 0.6 is 11.6 Å². The van der Waals surface area contributed by atoms with Crippen molar-refractivity contribution in [1.29, 1.82) is 0 Å². The molecule has 0 spiro atoms. The molecular formula is C14H14ClN3O2. The fourth-order valence-electron chi connectivity index (χ4n) is 1.81. The largest absolute Gasteiger partial charge is 0.321 e. The summed E-state index contributed by atoms with van der Waals surface area (Å²) >= 11 is 5.83. The monoisotopic (exact) mass is 291 g/mol. The van der Waals surface area contributed by atoms with Crippen LogP contribution in [0.2, 0.25) is 5.15 Å². The lowest BCUT2D eigenvalue weighted by atomic mass is 10.2. The van der Waals surface area contributed by atoms with E-state index in [4.69, 9.17) is 11.6 Å². The van der Waals surface area contributed by atoms with E-state index in [1.807, 2.05) is 6.92 Å². The number of aromatic nitrogens is 2. The maximum Gasteiger partial charge on any atom is 0.255 e. The number of nitrogens with one attached hydrogen (secondary N) is 1. The SMILES string of the molecule is CCn1cc(NC(=O)c2cc(C)nc(Cl)c2)ccc1=O. The number of aryl methyl sites for hydroxylation is 2. The van der Waals surface area contributed by atoms with Crippen molar-refractivity contribution < 1.29 is 4.79 Å². The molecule has 0 aromatic carbocycles. The summed E-state index contributed by atoms with van der Waals surface area (Å²) in [4.78, 5) is 27.6. The number of amides is 1. The lowest BCUT2D eigenvalue weighted by Gasteiger charge is -2.08. The fraction of sp³-hybridized carbons (Fsp3) is 0.214. The van der Waals surface area contributed by atoms with Crippen LogP contribution in [0, 0.1) is 6.92 Å². The van der Waals surface area contributed by atoms with Gasteiger partial charge in [0, 0.05) is 30.1 Å². The highest BCUT2D eigenvalue weighted by molar-refractivity contribution is 6.29. The average Bonchev–Trinajstić information content (AvgIpc) is 2.39. The van der Waals surface area contributed by atoms with Crippen LogP contribution in [0.4, 0.5) is 5.69 Å². The number of nitrogens with zero attached hydrogens (tertiary/aromatic N) is 2. The Labute approximate surface area is 121 Å². The van der Waals surface area contributed by atoms with Gasteiger partial charge in [-0.3, -0.25) is 9.59 Å². The summed E-state index contributed by atoms with van der Waals surface area (Å²) in [7, 11) is 0. The van der Waals surface area contributed by atoms with Gasteiger partial charge in [0.2, 0.25) is 0 Å². The lowest BCUT2D eigenvalue weighted by molar-refractivity contribution is 0.102. The molecule has 1 N–H and O–H groups in total. The smallest absolute Gasteiger partial charge is 0.255 e. The first-order chi connectivity index (χ1) is 9.49. The van der Waals surface area contributed by atoms with E-state index in [0.29, 0.717) is 23.5 Å². The molecule has 0 saturated heterocycles. The minimum absolute atomic E-state index is 0.103. The van der Waals surface area contributed by atoms with E-state index < -0.39 is 0 Å². The summed E-state index contributed by atoms with van der Waals surface area (Å²) in [6.07, 6.45) is 1.61. The molecule has 0 atom stereocenters. The van der Waals surface area contributed by atoms with Crippen LogP contribution in [-0.4, -0.2) is 15.5 Å². The Kier molecular flexibility index (Phi) is 4.20. The molecule has 0 bridgehead atoms. The van der Waals surface area contributed by atoms with Gasteiger partial charge in [-0.15, -0.1) is 0 Å². The van der Waals surface area contributed by atoms with Crippen molar-refractivity contribution in [2.45, 2.75) is 20.4 Å². The van der Waals surface area contributed by atoms with E-state index in [1.54, 1.807) is 25.3 Å². The van der Waals surface area contributed by atoms with Gasteiger partial charge in [-0.1, -0.05) is 11.6 Å². The molecule has 2 heterocycles. The first-order valence-corrected chi connectivity index (χ1v) is 6.53. The number of hydrogen-bond acceptors (Lipinski definition) is 3. The van der Waals surface area contributed by atoms with Gasteiger partial charge in [0.1, 0.15) is 5.15 Å². The molecule has 0 fully saturated rings. The molecule has 104 valence electrons. The van der Waals surface area contributed by atoms with Crippen molar-refractivity contribution in [1.82, 2.24) is 9.55 Å². The molecule has 0 aliphatic heterocycles. The van der Waals surface area contributed by atoms with E-state index in [0.717, 1.165) is 0 Å². The summed E-state index contributed by atoms with van der Waals surface area (Å²) in [6.45, 7) is 4.17. The van der Waals surface area contributed by atoms with E-state index in [-0.39, 0.29) is 16.6 Å². The van der Waals surface area contributed by atoms with Gasteiger partial charge in [-0.05, 0) is 32.0 Å².